The van der Waals surface area contributed by atoms with Crippen LogP contribution in [0.4, 0.5) is 0 Å². The van der Waals surface area contributed by atoms with Gasteiger partial charge in [-0.2, -0.15) is 10.5 Å². The predicted molar refractivity (Wildman–Crippen MR) is 292 cm³/mol. The van der Waals surface area contributed by atoms with Crippen molar-refractivity contribution in [1.29, 1.82) is 10.5 Å². The molecule has 11 aromatic rings. The number of rotatable bonds is 8. The molecule has 9 aromatic carbocycles. The topological polar surface area (TPSA) is 78.3 Å². The molecule has 0 fully saturated rings. The maximum Gasteiger partial charge on any atom is 0.160 e. The third kappa shape index (κ3) is 8.14. The first-order valence-corrected chi connectivity index (χ1v) is 24.0. The molecule has 0 saturated heterocycles. The summed E-state index contributed by atoms with van der Waals surface area (Å²) in [6, 6.07) is 70.2. The molecule has 2 aromatic heterocycles. The summed E-state index contributed by atoms with van der Waals surface area (Å²) in [5, 5.41) is 23.0. The van der Waals surface area contributed by atoms with Crippen LogP contribution in [-0.4, -0.2) is 14.5 Å². The molecule has 2 heterocycles. The largest absolute Gasteiger partial charge is 0.308 e. The van der Waals surface area contributed by atoms with Crippen LogP contribution in [0, 0.1) is 64.2 Å². The molecular formula is C66H49N5. The minimum atomic E-state index is 0.552. The van der Waals surface area contributed by atoms with E-state index in [4.69, 9.17) is 9.97 Å². The number of nitrogens with zero attached hydrogens (tertiary/aromatic N) is 5. The Morgan fingerprint density at radius 1 is 0.366 bits per heavy atom. The fourth-order valence-electron chi connectivity index (χ4n) is 10.9. The van der Waals surface area contributed by atoms with Gasteiger partial charge in [-0.05, 0) is 164 Å². The number of benzene rings is 9. The Morgan fingerprint density at radius 3 is 1.24 bits per heavy atom. The summed E-state index contributed by atoms with van der Waals surface area (Å²) in [5.74, 6) is 0.610. The number of fused-ring (bicyclic) bond motifs is 3. The van der Waals surface area contributed by atoms with E-state index in [-0.39, 0.29) is 0 Å². The van der Waals surface area contributed by atoms with Gasteiger partial charge < -0.3 is 4.57 Å². The van der Waals surface area contributed by atoms with E-state index in [0.717, 1.165) is 89.0 Å². The number of hydrogen-bond acceptors (Lipinski definition) is 4. The van der Waals surface area contributed by atoms with Crippen molar-refractivity contribution in [3.63, 3.8) is 0 Å². The minimum Gasteiger partial charge on any atom is -0.308 e. The Bertz CT molecular complexity index is 3720. The third-order valence-corrected chi connectivity index (χ3v) is 13.8. The summed E-state index contributed by atoms with van der Waals surface area (Å²) in [5.41, 5.74) is 24.2. The molecule has 71 heavy (non-hydrogen) atoms. The quantitative estimate of drug-likeness (QED) is 0.152. The van der Waals surface area contributed by atoms with Crippen LogP contribution in [-0.2, 0) is 0 Å². The zero-order chi connectivity index (χ0) is 48.9. The Hall–Kier alpha value is -9.16. The zero-order valence-corrected chi connectivity index (χ0v) is 40.6. The first kappa shape index (κ1) is 44.4. The summed E-state index contributed by atoms with van der Waals surface area (Å²) in [7, 11) is 0. The molecule has 5 nitrogen and oxygen atoms in total. The normalized spacial score (nSPS) is 11.2. The molecule has 11 rings (SSSR count). The lowest BCUT2D eigenvalue weighted by atomic mass is 9.90. The van der Waals surface area contributed by atoms with Crippen LogP contribution in [0.25, 0.3) is 106 Å². The first-order valence-electron chi connectivity index (χ1n) is 24.0. The van der Waals surface area contributed by atoms with Crippen molar-refractivity contribution < 1.29 is 0 Å². The van der Waals surface area contributed by atoms with Gasteiger partial charge in [0, 0.05) is 38.6 Å². The standard InChI is InChI=1S/C66H49N5/c1-40-27-42(3)63(43(4)28-40)52-23-25-61-57(33-52)58-34-53(64-44(5)29-41(2)30-45(64)6)24-26-62(58)71(61)65-55(50-21-13-15-46(31-50)38-67)35-54(36-56(65)51-22-14-16-47(32-51)39-68)60-37-59(48-17-9-7-10-18-48)69-66(70-60)49-19-11-8-12-20-49/h7-37H,1-6H3. The highest BCUT2D eigenvalue weighted by atomic mass is 15.0. The Kier molecular flexibility index (Phi) is 11.3. The molecule has 5 heteroatoms. The first-order chi connectivity index (χ1) is 34.5. The van der Waals surface area contributed by atoms with E-state index < -0.39 is 0 Å². The second kappa shape index (κ2) is 18.1. The molecule has 0 radical (unpaired) electrons. The van der Waals surface area contributed by atoms with Gasteiger partial charge in [0.05, 0.1) is 51.4 Å². The van der Waals surface area contributed by atoms with Gasteiger partial charge in [-0.25, -0.2) is 9.97 Å². The molecule has 338 valence electrons. The molecule has 0 saturated carbocycles. The SMILES string of the molecule is Cc1cc(C)c(-c2ccc3c(c2)c2cc(-c4c(C)cc(C)cc4C)ccc2n3-c2c(-c3cccc(C#N)c3)cc(-c3cc(-c4ccccc4)nc(-c4ccccc4)n3)cc2-c2cccc(C#N)c2)c(C)c1. The number of aryl methyl sites for hydroxylation is 6. The number of aromatic nitrogens is 3. The van der Waals surface area contributed by atoms with Crippen LogP contribution in [0.2, 0.25) is 0 Å². The highest BCUT2D eigenvalue weighted by Gasteiger charge is 2.25. The average molecular weight is 912 g/mol. The van der Waals surface area contributed by atoms with Gasteiger partial charge in [0.15, 0.2) is 5.82 Å². The fraction of sp³-hybridized carbons (Fsp3) is 0.0909. The lowest BCUT2D eigenvalue weighted by Gasteiger charge is -2.22. The molecule has 0 amide bonds. The smallest absolute Gasteiger partial charge is 0.160 e. The van der Waals surface area contributed by atoms with Gasteiger partial charge >= 0.3 is 0 Å². The molecule has 0 spiro atoms. The van der Waals surface area contributed by atoms with Crippen LogP contribution in [0.3, 0.4) is 0 Å². The van der Waals surface area contributed by atoms with E-state index in [1.165, 1.54) is 44.5 Å². The molecule has 0 atom stereocenters. The second-order valence-corrected chi connectivity index (χ2v) is 18.8. The van der Waals surface area contributed by atoms with Crippen molar-refractivity contribution in [3.8, 4) is 96.2 Å². The predicted octanol–water partition coefficient (Wildman–Crippen LogP) is 16.8. The van der Waals surface area contributed by atoms with Gasteiger partial charge in [0.2, 0.25) is 0 Å². The summed E-state index contributed by atoms with van der Waals surface area (Å²) >= 11 is 0. The van der Waals surface area contributed by atoms with Gasteiger partial charge in [-0.3, -0.25) is 0 Å². The van der Waals surface area contributed by atoms with E-state index in [1.54, 1.807) is 0 Å². The van der Waals surface area contributed by atoms with E-state index in [2.05, 4.69) is 161 Å². The van der Waals surface area contributed by atoms with E-state index in [9.17, 15) is 10.5 Å². The highest BCUT2D eigenvalue weighted by molar-refractivity contribution is 6.13. The van der Waals surface area contributed by atoms with Crippen molar-refractivity contribution in [3.05, 3.63) is 233 Å². The summed E-state index contributed by atoms with van der Waals surface area (Å²) in [4.78, 5) is 10.5. The summed E-state index contributed by atoms with van der Waals surface area (Å²) in [6.07, 6.45) is 0. The second-order valence-electron chi connectivity index (χ2n) is 18.8. The van der Waals surface area contributed by atoms with E-state index in [0.29, 0.717) is 17.0 Å². The van der Waals surface area contributed by atoms with E-state index >= 15 is 0 Å². The van der Waals surface area contributed by atoms with Crippen LogP contribution in [0.1, 0.15) is 44.5 Å². The van der Waals surface area contributed by atoms with Gasteiger partial charge in [-0.1, -0.05) is 132 Å². The number of hydrogen-bond donors (Lipinski definition) is 0. The molecule has 0 aliphatic rings. The van der Waals surface area contributed by atoms with Crippen molar-refractivity contribution in [2.45, 2.75) is 41.5 Å². The maximum absolute atomic E-state index is 10.4. The lowest BCUT2D eigenvalue weighted by molar-refractivity contribution is 1.17. The zero-order valence-electron chi connectivity index (χ0n) is 40.6. The molecule has 0 N–H and O–H groups in total. The monoisotopic (exact) mass is 911 g/mol. The Morgan fingerprint density at radius 2 is 0.789 bits per heavy atom. The van der Waals surface area contributed by atoms with Crippen molar-refractivity contribution in [1.82, 2.24) is 14.5 Å². The Labute approximate surface area is 415 Å². The van der Waals surface area contributed by atoms with Gasteiger partial charge in [0.25, 0.3) is 0 Å². The minimum absolute atomic E-state index is 0.552. The van der Waals surface area contributed by atoms with Crippen molar-refractivity contribution >= 4 is 21.8 Å². The highest BCUT2D eigenvalue weighted by Crippen LogP contribution is 2.46. The van der Waals surface area contributed by atoms with Crippen molar-refractivity contribution in [2.75, 3.05) is 0 Å². The molecule has 0 unspecified atom stereocenters. The number of nitriles is 2. The van der Waals surface area contributed by atoms with Crippen LogP contribution in [0.5, 0.6) is 0 Å². The average Bonchev–Trinajstić information content (AvgIpc) is 3.70. The van der Waals surface area contributed by atoms with Gasteiger partial charge in [0.1, 0.15) is 0 Å². The van der Waals surface area contributed by atoms with Crippen LogP contribution in [0.15, 0.2) is 188 Å². The lowest BCUT2D eigenvalue weighted by Crippen LogP contribution is -2.03. The summed E-state index contributed by atoms with van der Waals surface area (Å²) < 4.78 is 2.40. The van der Waals surface area contributed by atoms with Crippen LogP contribution < -0.4 is 0 Å². The molecule has 0 bridgehead atoms. The van der Waals surface area contributed by atoms with Crippen LogP contribution >= 0.6 is 0 Å². The molecule has 0 aliphatic heterocycles. The molecule has 0 aliphatic carbocycles. The van der Waals surface area contributed by atoms with Crippen molar-refractivity contribution in [2.24, 2.45) is 0 Å². The maximum atomic E-state index is 10.4. The van der Waals surface area contributed by atoms with E-state index in [1.807, 2.05) is 84.9 Å². The Balaban J connectivity index is 1.28. The fourth-order valence-corrected chi connectivity index (χ4v) is 10.9. The molecular weight excluding hydrogens is 863 g/mol. The summed E-state index contributed by atoms with van der Waals surface area (Å²) in [6.45, 7) is 13.1. The van der Waals surface area contributed by atoms with Gasteiger partial charge in [-0.15, -0.1) is 0 Å². The third-order valence-electron chi connectivity index (χ3n) is 13.8.